The summed E-state index contributed by atoms with van der Waals surface area (Å²) in [4.78, 5) is 3.96. The molecule has 15 heavy (non-hydrogen) atoms. The van der Waals surface area contributed by atoms with E-state index in [2.05, 4.69) is 11.9 Å². The van der Waals surface area contributed by atoms with E-state index < -0.39 is 0 Å². The van der Waals surface area contributed by atoms with Crippen molar-refractivity contribution in [3.05, 3.63) is 0 Å². The first-order valence-electron chi connectivity index (χ1n) is 6.32. The fourth-order valence-corrected chi connectivity index (χ4v) is 1.63. The maximum absolute atomic E-state index is 5.23. The molecule has 0 aliphatic rings. The molecule has 0 aromatic carbocycles. The van der Waals surface area contributed by atoms with Gasteiger partial charge in [-0.05, 0) is 6.42 Å². The Hall–Kier alpha value is -0.730. The lowest BCUT2D eigenvalue weighted by molar-refractivity contribution is 0.567. The Morgan fingerprint density at radius 1 is 0.800 bits per heavy atom. The van der Waals surface area contributed by atoms with Crippen LogP contribution in [0.5, 0.6) is 0 Å². The van der Waals surface area contributed by atoms with Crippen molar-refractivity contribution in [1.82, 2.24) is 0 Å². The molecule has 0 aliphatic carbocycles. The molecule has 0 unspecified atom stereocenters. The SMILES string of the molecule is CCCCCCCCCCCN=C(N)N. The molecule has 90 valence electrons. The second-order valence-corrected chi connectivity index (χ2v) is 4.14. The van der Waals surface area contributed by atoms with E-state index >= 15 is 0 Å². The van der Waals surface area contributed by atoms with Crippen LogP contribution in [0.2, 0.25) is 0 Å². The highest BCUT2D eigenvalue weighted by Crippen LogP contribution is 2.09. The van der Waals surface area contributed by atoms with Gasteiger partial charge in [-0.15, -0.1) is 0 Å². The first-order chi connectivity index (χ1) is 7.27. The Morgan fingerprint density at radius 3 is 1.73 bits per heavy atom. The van der Waals surface area contributed by atoms with Crippen LogP contribution >= 0.6 is 0 Å². The lowest BCUT2D eigenvalue weighted by atomic mass is 10.1. The molecule has 0 heterocycles. The zero-order valence-corrected chi connectivity index (χ0v) is 10.2. The third-order valence-corrected chi connectivity index (χ3v) is 2.56. The van der Waals surface area contributed by atoms with Crippen LogP contribution in [0.15, 0.2) is 4.99 Å². The van der Waals surface area contributed by atoms with Gasteiger partial charge in [0.2, 0.25) is 0 Å². The summed E-state index contributed by atoms with van der Waals surface area (Å²) in [5.41, 5.74) is 10.5. The van der Waals surface area contributed by atoms with Gasteiger partial charge in [-0.3, -0.25) is 4.99 Å². The van der Waals surface area contributed by atoms with Crippen molar-refractivity contribution in [1.29, 1.82) is 0 Å². The van der Waals surface area contributed by atoms with Gasteiger partial charge < -0.3 is 11.5 Å². The van der Waals surface area contributed by atoms with E-state index in [1.54, 1.807) is 0 Å². The van der Waals surface area contributed by atoms with Crippen LogP contribution in [0.25, 0.3) is 0 Å². The number of rotatable bonds is 10. The second kappa shape index (κ2) is 11.3. The average molecular weight is 213 g/mol. The molecule has 0 bridgehead atoms. The molecule has 0 aliphatic heterocycles. The monoisotopic (exact) mass is 213 g/mol. The Bertz CT molecular complexity index is 151. The molecule has 0 amide bonds. The van der Waals surface area contributed by atoms with Gasteiger partial charge in [0.1, 0.15) is 0 Å². The number of nitrogens with two attached hydrogens (primary N) is 2. The number of unbranched alkanes of at least 4 members (excludes halogenated alkanes) is 8. The van der Waals surface area contributed by atoms with E-state index in [0.29, 0.717) is 0 Å². The van der Waals surface area contributed by atoms with Gasteiger partial charge in [-0.2, -0.15) is 0 Å². The largest absolute Gasteiger partial charge is 0.370 e. The van der Waals surface area contributed by atoms with Gasteiger partial charge in [0.15, 0.2) is 5.96 Å². The molecule has 0 rings (SSSR count). The number of hydrogen-bond acceptors (Lipinski definition) is 1. The Kier molecular flexibility index (Phi) is 10.8. The van der Waals surface area contributed by atoms with Gasteiger partial charge in [0.25, 0.3) is 0 Å². The van der Waals surface area contributed by atoms with Crippen molar-refractivity contribution in [2.24, 2.45) is 16.5 Å². The molecule has 0 aromatic heterocycles. The first-order valence-corrected chi connectivity index (χ1v) is 6.32. The topological polar surface area (TPSA) is 64.4 Å². The third-order valence-electron chi connectivity index (χ3n) is 2.56. The molecule has 0 aromatic rings. The highest BCUT2D eigenvalue weighted by atomic mass is 15.0. The van der Waals surface area contributed by atoms with Crippen LogP contribution in [0.4, 0.5) is 0 Å². The molecular weight excluding hydrogens is 186 g/mol. The van der Waals surface area contributed by atoms with Crippen molar-refractivity contribution in [2.45, 2.75) is 64.7 Å². The van der Waals surface area contributed by atoms with Gasteiger partial charge in [0, 0.05) is 6.54 Å². The quantitative estimate of drug-likeness (QED) is 0.333. The van der Waals surface area contributed by atoms with Crippen molar-refractivity contribution in [3.8, 4) is 0 Å². The smallest absolute Gasteiger partial charge is 0.185 e. The molecule has 0 fully saturated rings. The summed E-state index contributed by atoms with van der Waals surface area (Å²) < 4.78 is 0. The lowest BCUT2D eigenvalue weighted by Gasteiger charge is -2.00. The Labute approximate surface area is 94.3 Å². The van der Waals surface area contributed by atoms with Gasteiger partial charge in [-0.1, -0.05) is 58.3 Å². The first kappa shape index (κ1) is 14.3. The Balaban J connectivity index is 2.96. The standard InChI is InChI=1S/C12H27N3/c1-2-3-4-5-6-7-8-9-10-11-15-12(13)14/h2-11H2,1H3,(H4,13,14,15). The fourth-order valence-electron chi connectivity index (χ4n) is 1.63. The maximum atomic E-state index is 5.23. The predicted octanol–water partition coefficient (Wildman–Crippen LogP) is 2.79. The van der Waals surface area contributed by atoms with Gasteiger partial charge in [0.05, 0.1) is 0 Å². The van der Waals surface area contributed by atoms with Crippen molar-refractivity contribution >= 4 is 5.96 Å². The van der Waals surface area contributed by atoms with E-state index in [1.165, 1.54) is 51.4 Å². The zero-order chi connectivity index (χ0) is 11.4. The van der Waals surface area contributed by atoms with E-state index in [0.717, 1.165) is 13.0 Å². The summed E-state index contributed by atoms with van der Waals surface area (Å²) in [5, 5.41) is 0. The van der Waals surface area contributed by atoms with Gasteiger partial charge >= 0.3 is 0 Å². The number of hydrogen-bond donors (Lipinski definition) is 2. The summed E-state index contributed by atoms with van der Waals surface area (Å²) in [6.45, 7) is 3.04. The van der Waals surface area contributed by atoms with E-state index in [4.69, 9.17) is 11.5 Å². The molecule has 4 N–H and O–H groups in total. The van der Waals surface area contributed by atoms with E-state index in [9.17, 15) is 0 Å². The highest BCUT2D eigenvalue weighted by Gasteiger charge is 1.91. The summed E-state index contributed by atoms with van der Waals surface area (Å²) in [6.07, 6.45) is 12.0. The lowest BCUT2D eigenvalue weighted by Crippen LogP contribution is -2.22. The molecule has 0 radical (unpaired) electrons. The van der Waals surface area contributed by atoms with Crippen molar-refractivity contribution in [3.63, 3.8) is 0 Å². The minimum atomic E-state index is 0.217. The normalized spacial score (nSPS) is 10.2. The van der Waals surface area contributed by atoms with Crippen LogP contribution in [0.3, 0.4) is 0 Å². The predicted molar refractivity (Wildman–Crippen MR) is 67.9 cm³/mol. The minimum absolute atomic E-state index is 0.217. The minimum Gasteiger partial charge on any atom is -0.370 e. The molecule has 3 heteroatoms. The molecular formula is C12H27N3. The molecule has 0 saturated carbocycles. The number of guanidine groups is 1. The highest BCUT2D eigenvalue weighted by molar-refractivity contribution is 5.75. The second-order valence-electron chi connectivity index (χ2n) is 4.14. The molecule has 3 nitrogen and oxygen atoms in total. The van der Waals surface area contributed by atoms with E-state index in [1.807, 2.05) is 0 Å². The maximum Gasteiger partial charge on any atom is 0.185 e. The van der Waals surface area contributed by atoms with Crippen LogP contribution in [0.1, 0.15) is 64.7 Å². The zero-order valence-electron chi connectivity index (χ0n) is 10.2. The molecule has 0 spiro atoms. The van der Waals surface area contributed by atoms with Crippen molar-refractivity contribution in [2.75, 3.05) is 6.54 Å². The van der Waals surface area contributed by atoms with Gasteiger partial charge in [-0.25, -0.2) is 0 Å². The summed E-state index contributed by atoms with van der Waals surface area (Å²) in [5.74, 6) is 0.217. The number of aliphatic imine (C=N–C) groups is 1. The summed E-state index contributed by atoms with van der Waals surface area (Å²) >= 11 is 0. The summed E-state index contributed by atoms with van der Waals surface area (Å²) in [6, 6.07) is 0. The fraction of sp³-hybridized carbons (Fsp3) is 0.917. The molecule has 0 saturated heterocycles. The van der Waals surface area contributed by atoms with Crippen LogP contribution in [-0.4, -0.2) is 12.5 Å². The Morgan fingerprint density at radius 2 is 1.27 bits per heavy atom. The van der Waals surface area contributed by atoms with Crippen molar-refractivity contribution < 1.29 is 0 Å². The third kappa shape index (κ3) is 13.3. The van der Waals surface area contributed by atoms with E-state index in [-0.39, 0.29) is 5.96 Å². The summed E-state index contributed by atoms with van der Waals surface area (Å²) in [7, 11) is 0. The van der Waals surface area contributed by atoms with Crippen LogP contribution in [-0.2, 0) is 0 Å². The number of nitrogens with zero attached hydrogens (tertiary/aromatic N) is 1. The van der Waals surface area contributed by atoms with Crippen LogP contribution in [0, 0.1) is 0 Å². The molecule has 0 atom stereocenters. The van der Waals surface area contributed by atoms with Crippen LogP contribution < -0.4 is 11.5 Å². The average Bonchev–Trinajstić information content (AvgIpc) is 2.20.